The molecule has 0 bridgehead atoms. The summed E-state index contributed by atoms with van der Waals surface area (Å²) in [7, 11) is -23.8. The predicted molar refractivity (Wildman–Crippen MR) is 470 cm³/mol. The van der Waals surface area contributed by atoms with E-state index >= 15 is 0 Å². The van der Waals surface area contributed by atoms with Crippen LogP contribution in [0.1, 0.15) is 133 Å². The highest BCUT2D eigenvalue weighted by Gasteiger charge is 2.30. The smallest absolute Gasteiger partial charge is 0.265 e. The van der Waals surface area contributed by atoms with Crippen LogP contribution in [0.3, 0.4) is 0 Å². The Bertz CT molecular complexity index is 5430. The third-order valence-electron chi connectivity index (χ3n) is 17.1. The van der Waals surface area contributed by atoms with Gasteiger partial charge in [-0.25, -0.2) is 67.3 Å². The third kappa shape index (κ3) is 34.6. The normalized spacial score (nSPS) is 12.0. The van der Waals surface area contributed by atoms with E-state index in [-0.39, 0.29) is 26.9 Å². The summed E-state index contributed by atoms with van der Waals surface area (Å²) in [6.07, 6.45) is 10.3. The number of anilines is 1. The lowest BCUT2D eigenvalue weighted by Crippen LogP contribution is -2.29. The molecular weight excluding hydrogens is 1610 g/mol. The third-order valence-corrected chi connectivity index (χ3v) is 29.2. The van der Waals surface area contributed by atoms with Crippen LogP contribution < -0.4 is 9.46 Å². The molecule has 0 amide bonds. The molecule has 10 aromatic carbocycles. The molecule has 0 saturated heterocycles. The zero-order valence-corrected chi connectivity index (χ0v) is 76.1. The Morgan fingerprint density at radius 3 is 0.991 bits per heavy atom. The molecule has 26 heteroatoms. The Labute approximate surface area is 688 Å². The van der Waals surface area contributed by atoms with Crippen LogP contribution in [0.2, 0.25) is 0 Å². The summed E-state index contributed by atoms with van der Waals surface area (Å²) < 4.78 is 194. The number of benzene rings is 10. The van der Waals surface area contributed by atoms with Crippen molar-refractivity contribution in [1.82, 2.24) is 0 Å². The largest absolute Gasteiger partial charge is 0.495 e. The summed E-state index contributed by atoms with van der Waals surface area (Å²) in [5, 5.41) is -0.289. The minimum atomic E-state index is -3.63. The summed E-state index contributed by atoms with van der Waals surface area (Å²) >= 11 is 0. The molecule has 0 aromatic heterocycles. The molecule has 0 saturated carbocycles. The molecule has 0 fully saturated rings. The highest BCUT2D eigenvalue weighted by molar-refractivity contribution is 7.93. The molecule has 2 atom stereocenters. The van der Waals surface area contributed by atoms with Crippen molar-refractivity contribution in [1.29, 1.82) is 0 Å². The zero-order valence-electron chi connectivity index (χ0n) is 69.5. The van der Waals surface area contributed by atoms with Crippen molar-refractivity contribution in [3.05, 3.63) is 303 Å². The van der Waals surface area contributed by atoms with E-state index in [9.17, 15) is 67.3 Å². The minimum Gasteiger partial charge on any atom is -0.495 e. The number of methoxy groups -OCH3 is 1. The Morgan fingerprint density at radius 1 is 0.348 bits per heavy atom. The monoisotopic (exact) mass is 1730 g/mol. The number of nitrogens with one attached hydrogen (secondary N) is 1. The van der Waals surface area contributed by atoms with Gasteiger partial charge >= 0.3 is 0 Å². The second-order valence-electron chi connectivity index (χ2n) is 28.4. The maximum atomic E-state index is 13.1. The Balaban J connectivity index is 0.000000349. The van der Waals surface area contributed by atoms with Crippen molar-refractivity contribution >= 4 is 84.6 Å². The molecule has 0 aliphatic heterocycles. The van der Waals surface area contributed by atoms with E-state index in [0.717, 1.165) is 130 Å². The van der Waals surface area contributed by atoms with Gasteiger partial charge in [0.25, 0.3) is 10.0 Å². The summed E-state index contributed by atoms with van der Waals surface area (Å²) in [4.78, 5) is 2.46. The number of rotatable bonds is 22. The average Bonchev–Trinajstić information content (AvgIpc) is 0.761. The molecule has 10 rings (SSSR count). The topological polar surface area (TPSA) is 294 Å². The minimum absolute atomic E-state index is 0.0999. The van der Waals surface area contributed by atoms with E-state index in [2.05, 4.69) is 11.6 Å². The van der Waals surface area contributed by atoms with Gasteiger partial charge in [-0.15, -0.1) is 0 Å². The van der Waals surface area contributed by atoms with E-state index < -0.39 is 78.9 Å². The van der Waals surface area contributed by atoms with Gasteiger partial charge in [0.2, 0.25) is 29.5 Å². The fraction of sp³-hybridized carbons (Fsp3) is 0.326. The van der Waals surface area contributed by atoms with Gasteiger partial charge in [-0.05, 0) is 201 Å². The summed E-state index contributed by atoms with van der Waals surface area (Å²) in [5.41, 5.74) is 11.3. The van der Waals surface area contributed by atoms with Crippen molar-refractivity contribution in [3.63, 3.8) is 0 Å². The maximum Gasteiger partial charge on any atom is 0.265 e. The van der Waals surface area contributed by atoms with Crippen LogP contribution in [-0.2, 0) is 90.4 Å². The molecule has 0 aliphatic rings. The van der Waals surface area contributed by atoms with Crippen LogP contribution in [0.25, 0.3) is 0 Å². The summed E-state index contributed by atoms with van der Waals surface area (Å²) in [6, 6.07) is 69.1. The molecule has 0 heterocycles. The molecule has 115 heavy (non-hydrogen) atoms. The number of para-hydroxylation sites is 2. The van der Waals surface area contributed by atoms with Gasteiger partial charge in [-0.1, -0.05) is 238 Å². The highest BCUT2D eigenvalue weighted by atomic mass is 32.2. The van der Waals surface area contributed by atoms with Crippen molar-refractivity contribution in [2.45, 2.75) is 192 Å². The van der Waals surface area contributed by atoms with Crippen LogP contribution in [0, 0.1) is 69.2 Å². The lowest BCUT2D eigenvalue weighted by Gasteiger charge is -2.19. The number of sulfonamides is 1. The van der Waals surface area contributed by atoms with E-state index in [0.29, 0.717) is 40.8 Å². The van der Waals surface area contributed by atoms with Gasteiger partial charge < -0.3 is 4.74 Å². The molecule has 2 unspecified atom stereocenters. The number of sulfone groups is 7. The second-order valence-corrected chi connectivity index (χ2v) is 45.0. The standard InChI is InChI=1S/C18H22O2S.C16H18O2S.C14H14O2S.C13H13NO3S.C12H10O2S.C12H26O2S.2C2H6O2S/c1-11-7-13(3)17(14(4)8-11)21(19,20)18-15(5)9-12(2)10-16(18)6;1-11-5-7-15(8-6-11)19(17,18)16-13(3)9-12(2)10-14(16)4;15-17(16,11-13-7-3-1-4-8-13)12-14-9-5-2-6-10-14;1-17-12-9-5-6-10-13(12)18(15,16)14-11-7-3-2-4-8-11;13-15(14,11-7-3-1-4-8-11)12-9-5-2-6-10-12;1-5-8-9-10-12(7-3)15(13,14)11(4)6-2;2*1-5(2,3)4/h7-10H,1-6H3;5-10H,1-4H3;1-10H,11-12H2;2-10,14H,1H3;1-10H;11-12H,5-10H2,1-4H3;2*1-2H3. The maximum absolute atomic E-state index is 13.1. The Kier molecular flexibility index (Phi) is 40.6. The number of ether oxygens (including phenoxy) is 1. The van der Waals surface area contributed by atoms with Gasteiger partial charge in [0.1, 0.15) is 30.3 Å². The van der Waals surface area contributed by atoms with E-state index in [1.54, 1.807) is 115 Å². The van der Waals surface area contributed by atoms with Crippen LogP contribution in [0.5, 0.6) is 5.75 Å². The molecule has 18 nitrogen and oxygen atoms in total. The van der Waals surface area contributed by atoms with Gasteiger partial charge in [-0.3, -0.25) is 4.72 Å². The predicted octanol–water partition coefficient (Wildman–Crippen LogP) is 18.8. The van der Waals surface area contributed by atoms with Crippen LogP contribution >= 0.6 is 0 Å². The van der Waals surface area contributed by atoms with Crippen molar-refractivity contribution < 1.29 is 72.1 Å². The second kappa shape index (κ2) is 46.4. The number of aryl methyl sites for hydroxylation is 10. The zero-order chi connectivity index (χ0) is 86.9. The molecule has 0 radical (unpaired) electrons. The Hall–Kier alpha value is -8.60. The number of hydrogen-bond acceptors (Lipinski definition) is 17. The summed E-state index contributed by atoms with van der Waals surface area (Å²) in [6.45, 7) is 27.0. The van der Waals surface area contributed by atoms with E-state index in [1.807, 2.05) is 205 Å². The fourth-order valence-corrected chi connectivity index (χ4v) is 22.0. The SMILES string of the molecule is CCCCCC(CC)S(=O)(=O)C(C)CC.COc1ccccc1S(=O)(=O)Nc1ccccc1.CS(C)(=O)=O.CS(C)(=O)=O.Cc1cc(C)c(S(=O)(=O)c2c(C)cc(C)cc2C)c(C)c1.Cc1ccc(S(=O)(=O)c2c(C)cc(C)cc2C)cc1.O=S(=O)(Cc1ccccc1)Cc1ccccc1.O=S(=O)(c1ccccc1)c1ccccc1. The summed E-state index contributed by atoms with van der Waals surface area (Å²) in [5.74, 6) is 0.520. The lowest BCUT2D eigenvalue weighted by atomic mass is 10.1. The van der Waals surface area contributed by atoms with Gasteiger partial charge in [-0.2, -0.15) is 0 Å². The van der Waals surface area contributed by atoms with E-state index in [4.69, 9.17) is 4.74 Å². The lowest BCUT2D eigenvalue weighted by molar-refractivity contribution is 0.403. The van der Waals surface area contributed by atoms with Crippen LogP contribution in [-0.4, -0.2) is 110 Å². The van der Waals surface area contributed by atoms with Crippen molar-refractivity contribution in [2.75, 3.05) is 36.9 Å². The number of hydrogen-bond donors (Lipinski definition) is 1. The fourth-order valence-electron chi connectivity index (χ4n) is 12.1. The molecule has 1 N–H and O–H groups in total. The molecular formula is C89H115NO17S8. The molecule has 0 aliphatic carbocycles. The first kappa shape index (κ1) is 101. The number of unbranched alkanes of at least 4 members (excludes halogenated alkanes) is 2. The molecule has 626 valence electrons. The first-order valence-corrected chi connectivity index (χ1v) is 51.1. The van der Waals surface area contributed by atoms with Gasteiger partial charge in [0, 0.05) is 30.7 Å². The van der Waals surface area contributed by atoms with Crippen molar-refractivity contribution in [3.8, 4) is 5.75 Å². The van der Waals surface area contributed by atoms with Gasteiger partial charge in [0.05, 0.1) is 58.5 Å². The highest BCUT2D eigenvalue weighted by Crippen LogP contribution is 2.34. The average molecular weight is 1730 g/mol. The quantitative estimate of drug-likeness (QED) is 0.0617. The first-order chi connectivity index (χ1) is 53.5. The van der Waals surface area contributed by atoms with Gasteiger partial charge in [0.15, 0.2) is 19.7 Å². The Morgan fingerprint density at radius 2 is 0.661 bits per heavy atom. The van der Waals surface area contributed by atoms with E-state index in [1.165, 1.54) is 13.2 Å². The molecule has 10 aromatic rings. The van der Waals surface area contributed by atoms with Crippen LogP contribution in [0.4, 0.5) is 5.69 Å². The van der Waals surface area contributed by atoms with Crippen molar-refractivity contribution in [2.24, 2.45) is 0 Å². The van der Waals surface area contributed by atoms with Crippen LogP contribution in [0.15, 0.2) is 271 Å². The molecule has 0 spiro atoms. The first-order valence-electron chi connectivity index (χ1n) is 37.1.